The summed E-state index contributed by atoms with van der Waals surface area (Å²) in [6.45, 7) is 2.93. The molecule has 14 heavy (non-hydrogen) atoms. The summed E-state index contributed by atoms with van der Waals surface area (Å²) in [5, 5.41) is 0. The summed E-state index contributed by atoms with van der Waals surface area (Å²) in [7, 11) is 0. The Morgan fingerprint density at radius 3 is 2.57 bits per heavy atom. The van der Waals surface area contributed by atoms with Gasteiger partial charge in [-0.1, -0.05) is 0 Å². The molecule has 0 fully saturated rings. The third-order valence-electron chi connectivity index (χ3n) is 1.65. The smallest absolute Gasteiger partial charge is 0.153 e. The second-order valence-electron chi connectivity index (χ2n) is 3.14. The number of ketones is 2. The molecule has 0 radical (unpaired) electrons. The minimum absolute atomic E-state index is 0.00824. The SMILES string of the molecule is CC(=O)C=C(CC(C)=O)c1ccco1. The van der Waals surface area contributed by atoms with Gasteiger partial charge in [0.15, 0.2) is 5.78 Å². The lowest BCUT2D eigenvalue weighted by Gasteiger charge is -1.99. The number of Topliss-reactive ketones (excluding diaryl/α,β-unsaturated/α-hetero) is 1. The van der Waals surface area contributed by atoms with Crippen molar-refractivity contribution in [2.45, 2.75) is 20.3 Å². The number of allylic oxidation sites excluding steroid dienone is 2. The minimum Gasteiger partial charge on any atom is -0.465 e. The van der Waals surface area contributed by atoms with E-state index in [-0.39, 0.29) is 18.0 Å². The molecule has 0 unspecified atom stereocenters. The fourth-order valence-electron chi connectivity index (χ4n) is 1.18. The Balaban J connectivity index is 2.94. The van der Waals surface area contributed by atoms with Gasteiger partial charge in [0.2, 0.25) is 0 Å². The van der Waals surface area contributed by atoms with Gasteiger partial charge in [-0.3, -0.25) is 9.59 Å². The van der Waals surface area contributed by atoms with Crippen LogP contribution < -0.4 is 0 Å². The zero-order valence-corrected chi connectivity index (χ0v) is 8.24. The van der Waals surface area contributed by atoms with Crippen LogP contribution in [0.15, 0.2) is 28.9 Å². The molecule has 0 spiro atoms. The van der Waals surface area contributed by atoms with Crippen LogP contribution in [0.5, 0.6) is 0 Å². The van der Waals surface area contributed by atoms with Gasteiger partial charge in [-0.25, -0.2) is 0 Å². The summed E-state index contributed by atoms with van der Waals surface area (Å²) >= 11 is 0. The summed E-state index contributed by atoms with van der Waals surface area (Å²) in [5.74, 6) is 0.502. The monoisotopic (exact) mass is 192 g/mol. The highest BCUT2D eigenvalue weighted by molar-refractivity contribution is 5.98. The standard InChI is InChI=1S/C11H12O3/c1-8(12)6-10(7-9(2)13)11-4-3-5-14-11/h3-6H,7H2,1-2H3. The van der Waals surface area contributed by atoms with Gasteiger partial charge in [-0.2, -0.15) is 0 Å². The fraction of sp³-hybridized carbons (Fsp3) is 0.273. The van der Waals surface area contributed by atoms with E-state index in [4.69, 9.17) is 4.42 Å². The molecule has 3 heteroatoms. The Kier molecular flexibility index (Phi) is 3.40. The quantitative estimate of drug-likeness (QED) is 0.687. The first-order valence-electron chi connectivity index (χ1n) is 4.34. The lowest BCUT2D eigenvalue weighted by Crippen LogP contribution is -1.95. The van der Waals surface area contributed by atoms with Crippen LogP contribution in [0.2, 0.25) is 0 Å². The van der Waals surface area contributed by atoms with Crippen LogP contribution in [-0.4, -0.2) is 11.6 Å². The van der Waals surface area contributed by atoms with Crippen molar-refractivity contribution in [2.24, 2.45) is 0 Å². The summed E-state index contributed by atoms with van der Waals surface area (Å²) in [5.41, 5.74) is 0.634. The summed E-state index contributed by atoms with van der Waals surface area (Å²) in [6.07, 6.45) is 3.18. The third kappa shape index (κ3) is 3.01. The van der Waals surface area contributed by atoms with Gasteiger partial charge in [0, 0.05) is 12.0 Å². The minimum atomic E-state index is -0.0855. The second-order valence-corrected chi connectivity index (χ2v) is 3.14. The Hall–Kier alpha value is -1.64. The lowest BCUT2D eigenvalue weighted by atomic mass is 10.1. The summed E-state index contributed by atoms with van der Waals surface area (Å²) in [4.78, 5) is 21.8. The van der Waals surface area contributed by atoms with E-state index in [0.717, 1.165) is 0 Å². The maximum absolute atomic E-state index is 10.9. The molecular weight excluding hydrogens is 180 g/mol. The van der Waals surface area contributed by atoms with Gasteiger partial charge in [0.05, 0.1) is 6.26 Å². The second kappa shape index (κ2) is 4.56. The van der Waals surface area contributed by atoms with Crippen molar-refractivity contribution in [3.8, 4) is 0 Å². The first-order chi connectivity index (χ1) is 6.59. The molecule has 1 rings (SSSR count). The molecule has 0 bridgehead atoms. The summed E-state index contributed by atoms with van der Waals surface area (Å²) in [6, 6.07) is 3.46. The van der Waals surface area contributed by atoms with Gasteiger partial charge in [-0.05, 0) is 32.1 Å². The highest BCUT2D eigenvalue weighted by atomic mass is 16.3. The van der Waals surface area contributed by atoms with E-state index in [0.29, 0.717) is 11.3 Å². The van der Waals surface area contributed by atoms with Crippen molar-refractivity contribution in [2.75, 3.05) is 0 Å². The van der Waals surface area contributed by atoms with Crippen LogP contribution >= 0.6 is 0 Å². The first kappa shape index (κ1) is 10.4. The lowest BCUT2D eigenvalue weighted by molar-refractivity contribution is -0.116. The van der Waals surface area contributed by atoms with Crippen molar-refractivity contribution in [1.29, 1.82) is 0 Å². The van der Waals surface area contributed by atoms with Crippen molar-refractivity contribution >= 4 is 17.1 Å². The normalized spacial score (nSPS) is 11.4. The van der Waals surface area contributed by atoms with E-state index in [1.165, 1.54) is 26.2 Å². The topological polar surface area (TPSA) is 47.3 Å². The van der Waals surface area contributed by atoms with Gasteiger partial charge in [0.1, 0.15) is 11.5 Å². The molecule has 0 atom stereocenters. The number of hydrogen-bond acceptors (Lipinski definition) is 3. The highest BCUT2D eigenvalue weighted by Crippen LogP contribution is 2.18. The van der Waals surface area contributed by atoms with E-state index in [9.17, 15) is 9.59 Å². The number of furan rings is 1. The van der Waals surface area contributed by atoms with Gasteiger partial charge >= 0.3 is 0 Å². The molecule has 1 aromatic heterocycles. The molecule has 0 N–H and O–H groups in total. The van der Waals surface area contributed by atoms with E-state index in [2.05, 4.69) is 0 Å². The van der Waals surface area contributed by atoms with Crippen LogP contribution in [0.3, 0.4) is 0 Å². The van der Waals surface area contributed by atoms with Crippen molar-refractivity contribution in [3.05, 3.63) is 30.2 Å². The summed E-state index contributed by atoms with van der Waals surface area (Å²) < 4.78 is 5.12. The van der Waals surface area contributed by atoms with E-state index in [1.54, 1.807) is 12.1 Å². The molecule has 0 saturated carbocycles. The number of hydrogen-bond donors (Lipinski definition) is 0. The molecule has 0 aromatic carbocycles. The number of carbonyl (C=O) groups excluding carboxylic acids is 2. The number of rotatable bonds is 4. The molecule has 74 valence electrons. The van der Waals surface area contributed by atoms with Crippen molar-refractivity contribution < 1.29 is 14.0 Å². The first-order valence-corrected chi connectivity index (χ1v) is 4.34. The van der Waals surface area contributed by atoms with E-state index >= 15 is 0 Å². The van der Waals surface area contributed by atoms with Crippen LogP contribution in [0, 0.1) is 0 Å². The Labute approximate surface area is 82.4 Å². The van der Waals surface area contributed by atoms with Crippen molar-refractivity contribution in [3.63, 3.8) is 0 Å². The Morgan fingerprint density at radius 1 is 1.43 bits per heavy atom. The van der Waals surface area contributed by atoms with Gasteiger partial charge in [-0.15, -0.1) is 0 Å². The average molecular weight is 192 g/mol. The molecule has 0 saturated heterocycles. The predicted molar refractivity (Wildman–Crippen MR) is 52.7 cm³/mol. The van der Waals surface area contributed by atoms with Crippen molar-refractivity contribution in [1.82, 2.24) is 0 Å². The fourth-order valence-corrected chi connectivity index (χ4v) is 1.18. The maximum atomic E-state index is 10.9. The zero-order chi connectivity index (χ0) is 10.6. The molecule has 0 amide bonds. The molecule has 1 heterocycles. The molecule has 3 nitrogen and oxygen atoms in total. The Bertz CT molecular complexity index is 358. The maximum Gasteiger partial charge on any atom is 0.153 e. The van der Waals surface area contributed by atoms with Gasteiger partial charge in [0.25, 0.3) is 0 Å². The molecule has 0 aliphatic heterocycles. The van der Waals surface area contributed by atoms with Gasteiger partial charge < -0.3 is 4.42 Å². The highest BCUT2D eigenvalue weighted by Gasteiger charge is 2.08. The largest absolute Gasteiger partial charge is 0.465 e. The average Bonchev–Trinajstić information content (AvgIpc) is 2.52. The van der Waals surface area contributed by atoms with Crippen LogP contribution in [0.4, 0.5) is 0 Å². The van der Waals surface area contributed by atoms with Crippen LogP contribution in [-0.2, 0) is 9.59 Å². The molecule has 0 aliphatic carbocycles. The third-order valence-corrected chi connectivity index (χ3v) is 1.65. The molecular formula is C11H12O3. The zero-order valence-electron chi connectivity index (χ0n) is 8.24. The van der Waals surface area contributed by atoms with E-state index < -0.39 is 0 Å². The van der Waals surface area contributed by atoms with E-state index in [1.807, 2.05) is 0 Å². The number of carbonyl (C=O) groups is 2. The Morgan fingerprint density at radius 2 is 2.14 bits per heavy atom. The van der Waals surface area contributed by atoms with Crippen LogP contribution in [0.1, 0.15) is 26.0 Å². The molecule has 1 aromatic rings. The van der Waals surface area contributed by atoms with Crippen LogP contribution in [0.25, 0.3) is 5.57 Å². The molecule has 0 aliphatic rings. The predicted octanol–water partition coefficient (Wildman–Crippen LogP) is 2.23.